The third kappa shape index (κ3) is 2.72. The van der Waals surface area contributed by atoms with Crippen molar-refractivity contribution in [1.29, 1.82) is 0 Å². The number of alkyl halides is 1. The van der Waals surface area contributed by atoms with E-state index in [0.717, 1.165) is 17.7 Å². The summed E-state index contributed by atoms with van der Waals surface area (Å²) >= 11 is 2.40. The molecule has 0 saturated carbocycles. The van der Waals surface area contributed by atoms with Crippen molar-refractivity contribution in [2.45, 2.75) is 19.4 Å². The highest BCUT2D eigenvalue weighted by Crippen LogP contribution is 2.06. The lowest BCUT2D eigenvalue weighted by Gasteiger charge is -2.17. The molecule has 1 atom stereocenters. The van der Waals surface area contributed by atoms with Crippen molar-refractivity contribution in [1.82, 2.24) is 4.90 Å². The summed E-state index contributed by atoms with van der Waals surface area (Å²) in [6.45, 7) is 5.38. The SMILES string of the molecule is C[C@H]1CN(CI)CCCO1. The van der Waals surface area contributed by atoms with Gasteiger partial charge in [-0.2, -0.15) is 0 Å². The van der Waals surface area contributed by atoms with Crippen LogP contribution in [0.15, 0.2) is 0 Å². The van der Waals surface area contributed by atoms with E-state index in [2.05, 4.69) is 34.4 Å². The smallest absolute Gasteiger partial charge is 0.0674 e. The largest absolute Gasteiger partial charge is 0.377 e. The summed E-state index contributed by atoms with van der Waals surface area (Å²) in [6.07, 6.45) is 1.62. The average molecular weight is 255 g/mol. The predicted octanol–water partition coefficient (Wildman–Crippen LogP) is 1.49. The Balaban J connectivity index is 2.30. The molecular weight excluding hydrogens is 241 g/mol. The molecule has 1 aliphatic rings. The number of ether oxygens (including phenoxy) is 1. The van der Waals surface area contributed by atoms with Gasteiger partial charge in [-0.05, 0) is 13.3 Å². The Morgan fingerprint density at radius 3 is 3.20 bits per heavy atom. The Morgan fingerprint density at radius 1 is 1.70 bits per heavy atom. The molecule has 0 N–H and O–H groups in total. The highest BCUT2D eigenvalue weighted by atomic mass is 127. The van der Waals surface area contributed by atoms with Crippen LogP contribution in [0.2, 0.25) is 0 Å². The normalized spacial score (nSPS) is 30.0. The van der Waals surface area contributed by atoms with Crippen LogP contribution in [-0.4, -0.2) is 35.3 Å². The van der Waals surface area contributed by atoms with Crippen molar-refractivity contribution in [3.05, 3.63) is 0 Å². The second kappa shape index (κ2) is 4.51. The van der Waals surface area contributed by atoms with Gasteiger partial charge in [0, 0.05) is 19.7 Å². The number of nitrogens with zero attached hydrogens (tertiary/aromatic N) is 1. The Morgan fingerprint density at radius 2 is 2.50 bits per heavy atom. The van der Waals surface area contributed by atoms with Crippen LogP contribution >= 0.6 is 22.6 Å². The van der Waals surface area contributed by atoms with E-state index >= 15 is 0 Å². The van der Waals surface area contributed by atoms with Gasteiger partial charge in [-0.25, -0.2) is 0 Å². The van der Waals surface area contributed by atoms with Crippen LogP contribution in [0.4, 0.5) is 0 Å². The molecule has 3 heteroatoms. The van der Waals surface area contributed by atoms with E-state index in [9.17, 15) is 0 Å². The lowest BCUT2D eigenvalue weighted by Crippen LogP contribution is -2.28. The summed E-state index contributed by atoms with van der Waals surface area (Å²) in [5.74, 6) is 0. The lowest BCUT2D eigenvalue weighted by molar-refractivity contribution is 0.0705. The molecule has 10 heavy (non-hydrogen) atoms. The first-order valence-corrected chi connectivity index (χ1v) is 5.25. The molecule has 0 unspecified atom stereocenters. The maximum atomic E-state index is 5.49. The van der Waals surface area contributed by atoms with Crippen LogP contribution in [0.3, 0.4) is 0 Å². The minimum absolute atomic E-state index is 0.428. The van der Waals surface area contributed by atoms with Crippen molar-refractivity contribution in [2.24, 2.45) is 0 Å². The van der Waals surface area contributed by atoms with Crippen LogP contribution < -0.4 is 0 Å². The Hall–Kier alpha value is 0.650. The quantitative estimate of drug-likeness (QED) is 0.400. The first kappa shape index (κ1) is 8.74. The zero-order valence-corrected chi connectivity index (χ0v) is 8.50. The van der Waals surface area contributed by atoms with E-state index in [-0.39, 0.29) is 0 Å². The van der Waals surface area contributed by atoms with Gasteiger partial charge in [0.15, 0.2) is 0 Å². The van der Waals surface area contributed by atoms with E-state index < -0.39 is 0 Å². The van der Waals surface area contributed by atoms with Gasteiger partial charge in [-0.3, -0.25) is 4.90 Å². The first-order chi connectivity index (χ1) is 4.83. The summed E-state index contributed by atoms with van der Waals surface area (Å²) < 4.78 is 6.62. The Kier molecular flexibility index (Phi) is 3.95. The average Bonchev–Trinajstić information content (AvgIpc) is 2.13. The third-order valence-electron chi connectivity index (χ3n) is 1.71. The fourth-order valence-corrected chi connectivity index (χ4v) is 1.81. The summed E-state index contributed by atoms with van der Waals surface area (Å²) in [5.41, 5.74) is 0. The van der Waals surface area contributed by atoms with E-state index in [4.69, 9.17) is 4.74 Å². The first-order valence-electron chi connectivity index (χ1n) is 3.73. The second-order valence-electron chi connectivity index (χ2n) is 2.73. The van der Waals surface area contributed by atoms with E-state index in [0.29, 0.717) is 6.10 Å². The molecule has 1 rings (SSSR count). The van der Waals surface area contributed by atoms with E-state index in [1.165, 1.54) is 13.0 Å². The zero-order valence-electron chi connectivity index (χ0n) is 6.35. The molecule has 0 aromatic carbocycles. The fourth-order valence-electron chi connectivity index (χ4n) is 1.19. The van der Waals surface area contributed by atoms with Gasteiger partial charge < -0.3 is 4.74 Å². The van der Waals surface area contributed by atoms with Gasteiger partial charge in [0.2, 0.25) is 0 Å². The van der Waals surface area contributed by atoms with Crippen molar-refractivity contribution < 1.29 is 4.74 Å². The predicted molar refractivity (Wildman–Crippen MR) is 50.5 cm³/mol. The van der Waals surface area contributed by atoms with Gasteiger partial charge in [0.05, 0.1) is 10.7 Å². The van der Waals surface area contributed by atoms with Crippen molar-refractivity contribution in [2.75, 3.05) is 24.2 Å². The molecule has 1 aliphatic heterocycles. The fraction of sp³-hybridized carbons (Fsp3) is 1.00. The maximum absolute atomic E-state index is 5.49. The molecule has 0 aliphatic carbocycles. The molecule has 0 radical (unpaired) electrons. The molecule has 0 aromatic heterocycles. The number of halogens is 1. The minimum atomic E-state index is 0.428. The van der Waals surface area contributed by atoms with Crippen LogP contribution in [0, 0.1) is 0 Å². The number of rotatable bonds is 1. The number of hydrogen-bond acceptors (Lipinski definition) is 2. The van der Waals surface area contributed by atoms with Gasteiger partial charge in [0.1, 0.15) is 0 Å². The molecule has 0 aromatic rings. The van der Waals surface area contributed by atoms with E-state index in [1.54, 1.807) is 0 Å². The van der Waals surface area contributed by atoms with Gasteiger partial charge in [-0.1, -0.05) is 22.6 Å². The van der Waals surface area contributed by atoms with Crippen LogP contribution in [-0.2, 0) is 4.74 Å². The maximum Gasteiger partial charge on any atom is 0.0674 e. The Labute approximate surface area is 76.1 Å². The molecule has 0 amide bonds. The molecular formula is C7H14INO. The van der Waals surface area contributed by atoms with Gasteiger partial charge in [-0.15, -0.1) is 0 Å². The molecule has 1 heterocycles. The van der Waals surface area contributed by atoms with Gasteiger partial charge >= 0.3 is 0 Å². The third-order valence-corrected chi connectivity index (χ3v) is 2.67. The second-order valence-corrected chi connectivity index (χ2v) is 3.41. The molecule has 2 nitrogen and oxygen atoms in total. The molecule has 1 saturated heterocycles. The summed E-state index contributed by atoms with van der Waals surface area (Å²) in [6, 6.07) is 0. The molecule has 60 valence electrons. The minimum Gasteiger partial charge on any atom is -0.377 e. The standard InChI is InChI=1S/C7H14INO/c1-7-5-9(6-8)3-2-4-10-7/h7H,2-6H2,1H3/t7-/m0/s1. The van der Waals surface area contributed by atoms with Crippen LogP contribution in [0.5, 0.6) is 0 Å². The van der Waals surface area contributed by atoms with Crippen LogP contribution in [0.25, 0.3) is 0 Å². The molecule has 0 spiro atoms. The summed E-state index contributed by atoms with van der Waals surface area (Å²) in [4.78, 5) is 2.43. The van der Waals surface area contributed by atoms with Crippen molar-refractivity contribution in [3.8, 4) is 0 Å². The van der Waals surface area contributed by atoms with Crippen molar-refractivity contribution >= 4 is 22.6 Å². The lowest BCUT2D eigenvalue weighted by atomic mass is 10.4. The van der Waals surface area contributed by atoms with Gasteiger partial charge in [0.25, 0.3) is 0 Å². The van der Waals surface area contributed by atoms with Crippen LogP contribution in [0.1, 0.15) is 13.3 Å². The zero-order chi connectivity index (χ0) is 7.40. The number of hydrogen-bond donors (Lipinski definition) is 0. The topological polar surface area (TPSA) is 12.5 Å². The molecule has 1 fully saturated rings. The van der Waals surface area contributed by atoms with E-state index in [1.807, 2.05) is 0 Å². The highest BCUT2D eigenvalue weighted by Gasteiger charge is 2.12. The Bertz CT molecular complexity index is 99.6. The molecule has 0 bridgehead atoms. The monoisotopic (exact) mass is 255 g/mol. The van der Waals surface area contributed by atoms with Crippen molar-refractivity contribution in [3.63, 3.8) is 0 Å². The highest BCUT2D eigenvalue weighted by molar-refractivity contribution is 14.1. The summed E-state index contributed by atoms with van der Waals surface area (Å²) in [5, 5.41) is 0. The summed E-state index contributed by atoms with van der Waals surface area (Å²) in [7, 11) is 0.